The number of halogens is 1. The van der Waals surface area contributed by atoms with Gasteiger partial charge in [0, 0.05) is 19.1 Å². The minimum absolute atomic E-state index is 0. The van der Waals surface area contributed by atoms with Gasteiger partial charge in [-0.3, -0.25) is 4.79 Å². The van der Waals surface area contributed by atoms with E-state index in [9.17, 15) is 13.2 Å². The molecule has 0 aromatic carbocycles. The van der Waals surface area contributed by atoms with Crippen LogP contribution in [0.5, 0.6) is 0 Å². The minimum Gasteiger partial charge on any atom is -0.337 e. The summed E-state index contributed by atoms with van der Waals surface area (Å²) in [5.74, 6) is 0.246. The molecule has 3 atom stereocenters. The summed E-state index contributed by atoms with van der Waals surface area (Å²) in [6, 6.07) is -0.210. The van der Waals surface area contributed by atoms with E-state index in [2.05, 4.69) is 5.32 Å². The Labute approximate surface area is 121 Å². The van der Waals surface area contributed by atoms with Gasteiger partial charge in [-0.1, -0.05) is 0 Å². The number of nitrogens with zero attached hydrogens (tertiary/aromatic N) is 1. The molecule has 2 aliphatic heterocycles. The second-order valence-corrected chi connectivity index (χ2v) is 7.87. The standard InChI is InChI=1S/C12H22N2O3S.ClH/c1-9-10(2)18(16,17)7-6-14(9)12(15)11-4-3-5-13-8-11;/h9-11,13H,3-8H2,1-2H3;1H. The van der Waals surface area contributed by atoms with Crippen molar-refractivity contribution >= 4 is 28.2 Å². The molecular weight excluding hydrogens is 288 g/mol. The number of amides is 1. The Hall–Kier alpha value is -0.330. The molecule has 0 spiro atoms. The number of piperidine rings is 1. The fraction of sp³-hybridized carbons (Fsp3) is 0.917. The first-order chi connectivity index (χ1) is 8.43. The molecule has 3 unspecified atom stereocenters. The van der Waals surface area contributed by atoms with Gasteiger partial charge in [0.05, 0.1) is 16.9 Å². The van der Waals surface area contributed by atoms with Crippen LogP contribution in [-0.4, -0.2) is 55.9 Å². The van der Waals surface area contributed by atoms with E-state index in [-0.39, 0.29) is 36.0 Å². The second-order valence-electron chi connectivity index (χ2n) is 5.39. The second kappa shape index (κ2) is 6.41. The summed E-state index contributed by atoms with van der Waals surface area (Å²) < 4.78 is 23.6. The average Bonchev–Trinajstić information content (AvgIpc) is 2.37. The zero-order valence-electron chi connectivity index (χ0n) is 11.5. The minimum atomic E-state index is -3.02. The Balaban J connectivity index is 0.00000180. The summed E-state index contributed by atoms with van der Waals surface area (Å²) in [6.45, 7) is 5.60. The normalized spacial score (nSPS) is 34.4. The number of rotatable bonds is 1. The van der Waals surface area contributed by atoms with Gasteiger partial charge in [-0.15, -0.1) is 12.4 Å². The number of nitrogens with one attached hydrogen (secondary N) is 1. The first-order valence-electron chi connectivity index (χ1n) is 6.66. The van der Waals surface area contributed by atoms with Crippen LogP contribution in [0.4, 0.5) is 0 Å². The van der Waals surface area contributed by atoms with E-state index in [1.807, 2.05) is 6.92 Å². The highest BCUT2D eigenvalue weighted by atomic mass is 35.5. The van der Waals surface area contributed by atoms with Crippen LogP contribution in [0.1, 0.15) is 26.7 Å². The van der Waals surface area contributed by atoms with Crippen molar-refractivity contribution in [3.05, 3.63) is 0 Å². The van der Waals surface area contributed by atoms with Gasteiger partial charge in [0.25, 0.3) is 0 Å². The van der Waals surface area contributed by atoms with Gasteiger partial charge in [0.2, 0.25) is 5.91 Å². The first-order valence-corrected chi connectivity index (χ1v) is 8.38. The molecule has 0 aliphatic carbocycles. The van der Waals surface area contributed by atoms with Crippen LogP contribution in [0.25, 0.3) is 0 Å². The van der Waals surface area contributed by atoms with E-state index >= 15 is 0 Å². The van der Waals surface area contributed by atoms with Gasteiger partial charge in [0.15, 0.2) is 9.84 Å². The third-order valence-corrected chi connectivity index (χ3v) is 6.56. The molecule has 0 bridgehead atoms. The molecule has 5 nitrogen and oxygen atoms in total. The molecule has 1 amide bonds. The zero-order valence-corrected chi connectivity index (χ0v) is 13.1. The fourth-order valence-electron chi connectivity index (χ4n) is 2.78. The molecule has 0 saturated carbocycles. The Morgan fingerprint density at radius 1 is 1.32 bits per heavy atom. The predicted molar refractivity (Wildman–Crippen MR) is 77.3 cm³/mol. The molecule has 112 valence electrons. The van der Waals surface area contributed by atoms with Gasteiger partial charge in [-0.2, -0.15) is 0 Å². The molecule has 0 aromatic rings. The molecule has 2 fully saturated rings. The van der Waals surface area contributed by atoms with E-state index in [0.29, 0.717) is 6.54 Å². The molecular formula is C12H23ClN2O3S. The van der Waals surface area contributed by atoms with Crippen molar-refractivity contribution in [1.82, 2.24) is 10.2 Å². The lowest BCUT2D eigenvalue weighted by molar-refractivity contribution is -0.138. The highest BCUT2D eigenvalue weighted by molar-refractivity contribution is 7.92. The number of hydrogen-bond acceptors (Lipinski definition) is 4. The summed E-state index contributed by atoms with van der Waals surface area (Å²) in [5.41, 5.74) is 0. The van der Waals surface area contributed by atoms with E-state index < -0.39 is 15.1 Å². The third-order valence-electron chi connectivity index (χ3n) is 4.28. The summed E-state index contributed by atoms with van der Waals surface area (Å²) in [7, 11) is -3.02. The maximum atomic E-state index is 12.4. The summed E-state index contributed by atoms with van der Waals surface area (Å²) in [4.78, 5) is 14.2. The molecule has 0 aromatic heterocycles. The largest absolute Gasteiger partial charge is 0.337 e. The maximum absolute atomic E-state index is 12.4. The van der Waals surface area contributed by atoms with Gasteiger partial charge < -0.3 is 10.2 Å². The van der Waals surface area contributed by atoms with Crippen LogP contribution in [-0.2, 0) is 14.6 Å². The third kappa shape index (κ3) is 3.41. The zero-order chi connectivity index (χ0) is 13.3. The van der Waals surface area contributed by atoms with E-state index in [4.69, 9.17) is 0 Å². The molecule has 0 radical (unpaired) electrons. The lowest BCUT2D eigenvalue weighted by atomic mass is 9.97. The highest BCUT2D eigenvalue weighted by Crippen LogP contribution is 2.23. The Kier molecular flexibility index (Phi) is 5.65. The summed E-state index contributed by atoms with van der Waals surface area (Å²) >= 11 is 0. The van der Waals surface area contributed by atoms with Crippen molar-refractivity contribution in [3.8, 4) is 0 Å². The van der Waals surface area contributed by atoms with Crippen LogP contribution >= 0.6 is 12.4 Å². The lowest BCUT2D eigenvalue weighted by Crippen LogP contribution is -2.56. The maximum Gasteiger partial charge on any atom is 0.227 e. The Morgan fingerprint density at radius 2 is 2.00 bits per heavy atom. The van der Waals surface area contributed by atoms with Crippen LogP contribution < -0.4 is 5.32 Å². The van der Waals surface area contributed by atoms with Crippen LogP contribution in [0.2, 0.25) is 0 Å². The van der Waals surface area contributed by atoms with Gasteiger partial charge in [-0.25, -0.2) is 8.42 Å². The van der Waals surface area contributed by atoms with Crippen molar-refractivity contribution in [2.75, 3.05) is 25.4 Å². The lowest BCUT2D eigenvalue weighted by Gasteiger charge is -2.40. The molecule has 2 heterocycles. The van der Waals surface area contributed by atoms with Crippen molar-refractivity contribution in [1.29, 1.82) is 0 Å². The predicted octanol–water partition coefficient (Wildman–Crippen LogP) is 0.442. The Morgan fingerprint density at radius 3 is 2.58 bits per heavy atom. The molecule has 1 N–H and O–H groups in total. The number of hydrogen-bond donors (Lipinski definition) is 1. The highest BCUT2D eigenvalue weighted by Gasteiger charge is 2.39. The molecule has 2 aliphatic rings. The van der Waals surface area contributed by atoms with E-state index in [1.165, 1.54) is 0 Å². The monoisotopic (exact) mass is 310 g/mol. The van der Waals surface area contributed by atoms with E-state index in [1.54, 1.807) is 11.8 Å². The molecule has 2 rings (SSSR count). The average molecular weight is 311 g/mol. The van der Waals surface area contributed by atoms with Crippen molar-refractivity contribution in [3.63, 3.8) is 0 Å². The van der Waals surface area contributed by atoms with Crippen molar-refractivity contribution < 1.29 is 13.2 Å². The fourth-order valence-corrected chi connectivity index (χ4v) is 4.35. The number of sulfone groups is 1. The number of carbonyl (C=O) groups excluding carboxylic acids is 1. The van der Waals surface area contributed by atoms with Crippen molar-refractivity contribution in [2.24, 2.45) is 5.92 Å². The SMILES string of the molecule is CC1C(C)S(=O)(=O)CCN1C(=O)C1CCCNC1.Cl. The summed E-state index contributed by atoms with van der Waals surface area (Å²) in [6.07, 6.45) is 1.93. The van der Waals surface area contributed by atoms with Crippen LogP contribution in [0, 0.1) is 5.92 Å². The van der Waals surface area contributed by atoms with Gasteiger partial charge >= 0.3 is 0 Å². The van der Waals surface area contributed by atoms with Gasteiger partial charge in [0.1, 0.15) is 0 Å². The topological polar surface area (TPSA) is 66.5 Å². The van der Waals surface area contributed by atoms with E-state index in [0.717, 1.165) is 25.9 Å². The van der Waals surface area contributed by atoms with Crippen LogP contribution in [0.3, 0.4) is 0 Å². The van der Waals surface area contributed by atoms with Gasteiger partial charge in [-0.05, 0) is 33.2 Å². The Bertz CT molecular complexity index is 421. The summed E-state index contributed by atoms with van der Waals surface area (Å²) in [5, 5.41) is 2.78. The quantitative estimate of drug-likeness (QED) is 0.763. The first kappa shape index (κ1) is 16.7. The molecule has 2 saturated heterocycles. The molecule has 7 heteroatoms. The smallest absolute Gasteiger partial charge is 0.227 e. The molecule has 19 heavy (non-hydrogen) atoms. The van der Waals surface area contributed by atoms with Crippen molar-refractivity contribution in [2.45, 2.75) is 38.0 Å². The van der Waals surface area contributed by atoms with Crippen LogP contribution in [0.15, 0.2) is 0 Å². The number of carbonyl (C=O) groups is 1.